The second-order valence-corrected chi connectivity index (χ2v) is 5.77. The number of hydrogen-bond donors (Lipinski definition) is 1. The standard InChI is InChI=1S/C17H23N3O2/c1-4-14-9-20(10-16-12(2)18-11-19-16)8-13-7-15(21-3)5-6-17(13)22-14/h5-7,11,14H,4,8-10H2,1-3H3,(H,18,19)/t14-/m1/s1. The maximum absolute atomic E-state index is 6.16. The van der Waals surface area contributed by atoms with Crippen LogP contribution in [0.3, 0.4) is 0 Å². The van der Waals surface area contributed by atoms with Crippen LogP contribution in [0.25, 0.3) is 0 Å². The molecule has 22 heavy (non-hydrogen) atoms. The average molecular weight is 301 g/mol. The first-order chi connectivity index (χ1) is 10.7. The first-order valence-corrected chi connectivity index (χ1v) is 7.74. The fourth-order valence-corrected chi connectivity index (χ4v) is 2.82. The van der Waals surface area contributed by atoms with Gasteiger partial charge in [0.2, 0.25) is 0 Å². The number of rotatable bonds is 4. The molecule has 0 fully saturated rings. The predicted octanol–water partition coefficient (Wildman–Crippen LogP) is 2.90. The van der Waals surface area contributed by atoms with Crippen molar-refractivity contribution in [1.82, 2.24) is 14.9 Å². The van der Waals surface area contributed by atoms with E-state index in [2.05, 4.69) is 34.8 Å². The number of aromatic nitrogens is 2. The van der Waals surface area contributed by atoms with Gasteiger partial charge in [-0.2, -0.15) is 0 Å². The van der Waals surface area contributed by atoms with E-state index >= 15 is 0 Å². The van der Waals surface area contributed by atoms with Crippen molar-refractivity contribution in [2.45, 2.75) is 39.5 Å². The van der Waals surface area contributed by atoms with Crippen molar-refractivity contribution in [2.24, 2.45) is 0 Å². The number of ether oxygens (including phenoxy) is 2. The number of aromatic amines is 1. The molecule has 1 aliphatic rings. The lowest BCUT2D eigenvalue weighted by Crippen LogP contribution is -2.32. The van der Waals surface area contributed by atoms with Crippen LogP contribution in [0.5, 0.6) is 11.5 Å². The summed E-state index contributed by atoms with van der Waals surface area (Å²) in [6.45, 7) is 6.79. The number of imidazole rings is 1. The zero-order valence-corrected chi connectivity index (χ0v) is 13.4. The first-order valence-electron chi connectivity index (χ1n) is 7.74. The van der Waals surface area contributed by atoms with Gasteiger partial charge in [0, 0.05) is 30.9 Å². The van der Waals surface area contributed by atoms with Crippen LogP contribution < -0.4 is 9.47 Å². The van der Waals surface area contributed by atoms with Gasteiger partial charge in [-0.3, -0.25) is 4.90 Å². The molecule has 2 heterocycles. The summed E-state index contributed by atoms with van der Waals surface area (Å²) in [5.74, 6) is 1.84. The third kappa shape index (κ3) is 3.09. The van der Waals surface area contributed by atoms with Crippen LogP contribution in [0.15, 0.2) is 24.5 Å². The van der Waals surface area contributed by atoms with Gasteiger partial charge in [0.25, 0.3) is 0 Å². The molecule has 1 aromatic carbocycles. The molecule has 0 amide bonds. The van der Waals surface area contributed by atoms with E-state index in [0.717, 1.165) is 48.9 Å². The lowest BCUT2D eigenvalue weighted by Gasteiger charge is -2.22. The van der Waals surface area contributed by atoms with Crippen molar-refractivity contribution in [3.05, 3.63) is 41.5 Å². The van der Waals surface area contributed by atoms with E-state index in [0.29, 0.717) is 0 Å². The Morgan fingerprint density at radius 3 is 3.00 bits per heavy atom. The van der Waals surface area contributed by atoms with Crippen molar-refractivity contribution < 1.29 is 9.47 Å². The Kier molecular flexibility index (Phi) is 4.34. The summed E-state index contributed by atoms with van der Waals surface area (Å²) in [5, 5.41) is 0. The summed E-state index contributed by atoms with van der Waals surface area (Å²) in [6, 6.07) is 6.04. The van der Waals surface area contributed by atoms with Crippen molar-refractivity contribution in [3.63, 3.8) is 0 Å². The molecular weight excluding hydrogens is 278 g/mol. The Morgan fingerprint density at radius 1 is 1.45 bits per heavy atom. The van der Waals surface area contributed by atoms with Crippen molar-refractivity contribution in [1.29, 1.82) is 0 Å². The minimum absolute atomic E-state index is 0.203. The number of methoxy groups -OCH3 is 1. The molecule has 1 atom stereocenters. The monoisotopic (exact) mass is 301 g/mol. The van der Waals surface area contributed by atoms with Gasteiger partial charge in [0.15, 0.2) is 0 Å². The van der Waals surface area contributed by atoms with Crippen LogP contribution in [0.1, 0.15) is 30.3 Å². The maximum atomic E-state index is 6.16. The number of H-pyrrole nitrogens is 1. The van der Waals surface area contributed by atoms with Gasteiger partial charge >= 0.3 is 0 Å². The molecule has 1 aromatic heterocycles. The summed E-state index contributed by atoms with van der Waals surface area (Å²) in [4.78, 5) is 9.96. The Balaban J connectivity index is 1.86. The van der Waals surface area contributed by atoms with Crippen LogP contribution >= 0.6 is 0 Å². The SMILES string of the molecule is CC[C@@H]1CN(Cc2nc[nH]c2C)Cc2cc(OC)ccc2O1. The van der Waals surface area contributed by atoms with Crippen molar-refractivity contribution in [2.75, 3.05) is 13.7 Å². The fraction of sp³-hybridized carbons (Fsp3) is 0.471. The molecule has 1 aliphatic heterocycles. The van der Waals surface area contributed by atoms with E-state index in [1.807, 2.05) is 12.1 Å². The highest BCUT2D eigenvalue weighted by Crippen LogP contribution is 2.30. The summed E-state index contributed by atoms with van der Waals surface area (Å²) >= 11 is 0. The highest BCUT2D eigenvalue weighted by molar-refractivity contribution is 5.41. The average Bonchev–Trinajstić information content (AvgIpc) is 2.83. The zero-order chi connectivity index (χ0) is 15.5. The Bertz CT molecular complexity index is 639. The van der Waals surface area contributed by atoms with Crippen molar-refractivity contribution >= 4 is 0 Å². The Morgan fingerprint density at radius 2 is 2.32 bits per heavy atom. The number of nitrogens with zero attached hydrogens (tertiary/aromatic N) is 2. The Labute approximate surface area is 131 Å². The van der Waals surface area contributed by atoms with Crippen LogP contribution in [0.4, 0.5) is 0 Å². The minimum Gasteiger partial charge on any atom is -0.497 e. The summed E-state index contributed by atoms with van der Waals surface area (Å²) in [5.41, 5.74) is 3.40. The topological polar surface area (TPSA) is 50.4 Å². The van der Waals surface area contributed by atoms with Gasteiger partial charge in [0.05, 0.1) is 19.1 Å². The van der Waals surface area contributed by atoms with E-state index in [1.165, 1.54) is 5.56 Å². The molecule has 0 spiro atoms. The zero-order valence-electron chi connectivity index (χ0n) is 13.4. The smallest absolute Gasteiger partial charge is 0.124 e. The lowest BCUT2D eigenvalue weighted by molar-refractivity contribution is 0.138. The molecule has 118 valence electrons. The van der Waals surface area contributed by atoms with E-state index in [9.17, 15) is 0 Å². The summed E-state index contributed by atoms with van der Waals surface area (Å²) < 4.78 is 11.5. The highest BCUT2D eigenvalue weighted by atomic mass is 16.5. The van der Waals surface area contributed by atoms with Gasteiger partial charge in [0.1, 0.15) is 17.6 Å². The number of fused-ring (bicyclic) bond motifs is 1. The molecule has 0 saturated carbocycles. The van der Waals surface area contributed by atoms with Gasteiger partial charge in [-0.05, 0) is 31.5 Å². The van der Waals surface area contributed by atoms with Crippen LogP contribution in [-0.4, -0.2) is 34.6 Å². The Hall–Kier alpha value is -2.01. The number of nitrogens with one attached hydrogen (secondary N) is 1. The third-order valence-corrected chi connectivity index (χ3v) is 4.18. The van der Waals surface area contributed by atoms with Gasteiger partial charge < -0.3 is 14.5 Å². The molecule has 5 nitrogen and oxygen atoms in total. The van der Waals surface area contributed by atoms with E-state index < -0.39 is 0 Å². The summed E-state index contributed by atoms with van der Waals surface area (Å²) in [7, 11) is 1.69. The van der Waals surface area contributed by atoms with Crippen LogP contribution in [0, 0.1) is 6.92 Å². The number of benzene rings is 1. The number of aryl methyl sites for hydroxylation is 1. The number of hydrogen-bond acceptors (Lipinski definition) is 4. The molecule has 1 N–H and O–H groups in total. The van der Waals surface area contributed by atoms with Gasteiger partial charge in [-0.1, -0.05) is 6.92 Å². The molecule has 0 radical (unpaired) electrons. The second-order valence-electron chi connectivity index (χ2n) is 5.77. The molecule has 0 unspecified atom stereocenters. The maximum Gasteiger partial charge on any atom is 0.124 e. The minimum atomic E-state index is 0.203. The van der Waals surface area contributed by atoms with Gasteiger partial charge in [-0.25, -0.2) is 4.98 Å². The second kappa shape index (κ2) is 6.40. The predicted molar refractivity (Wildman–Crippen MR) is 85.1 cm³/mol. The van der Waals surface area contributed by atoms with Crippen LogP contribution in [-0.2, 0) is 13.1 Å². The molecule has 0 saturated heterocycles. The normalized spacial score (nSPS) is 18.4. The van der Waals surface area contributed by atoms with Gasteiger partial charge in [-0.15, -0.1) is 0 Å². The largest absolute Gasteiger partial charge is 0.497 e. The van der Waals surface area contributed by atoms with E-state index in [-0.39, 0.29) is 6.10 Å². The van der Waals surface area contributed by atoms with Crippen molar-refractivity contribution in [3.8, 4) is 11.5 Å². The molecule has 3 rings (SSSR count). The summed E-state index contributed by atoms with van der Waals surface area (Å²) in [6.07, 6.45) is 2.95. The third-order valence-electron chi connectivity index (χ3n) is 4.18. The first kappa shape index (κ1) is 14.9. The molecule has 0 bridgehead atoms. The van der Waals surface area contributed by atoms with Crippen LogP contribution in [0.2, 0.25) is 0 Å². The molecular formula is C17H23N3O2. The molecule has 5 heteroatoms. The quantitative estimate of drug-likeness (QED) is 0.943. The molecule has 0 aliphatic carbocycles. The lowest BCUT2D eigenvalue weighted by atomic mass is 10.1. The highest BCUT2D eigenvalue weighted by Gasteiger charge is 2.23. The molecule has 2 aromatic rings. The van der Waals surface area contributed by atoms with E-state index in [1.54, 1.807) is 13.4 Å². The fourth-order valence-electron chi connectivity index (χ4n) is 2.82. The van der Waals surface area contributed by atoms with E-state index in [4.69, 9.17) is 9.47 Å².